The molecule has 0 radical (unpaired) electrons. The summed E-state index contributed by atoms with van der Waals surface area (Å²) < 4.78 is 16.7. The van der Waals surface area contributed by atoms with E-state index in [1.54, 1.807) is 0 Å². The molecule has 0 spiro atoms. The summed E-state index contributed by atoms with van der Waals surface area (Å²) in [5.41, 5.74) is 0. The Morgan fingerprint density at radius 3 is 1.02 bits per heavy atom. The molecule has 6 heteroatoms. The molecule has 0 aliphatic heterocycles. The molecule has 0 unspecified atom stereocenters. The molecule has 0 bridgehead atoms. The highest BCUT2D eigenvalue weighted by molar-refractivity contribution is 5.71. The van der Waals surface area contributed by atoms with Crippen molar-refractivity contribution in [2.24, 2.45) is 0 Å². The summed E-state index contributed by atoms with van der Waals surface area (Å²) in [7, 11) is 0. The number of carbonyl (C=O) groups is 3. The monoisotopic (exact) mass is 919 g/mol. The van der Waals surface area contributed by atoms with Gasteiger partial charge in [0.1, 0.15) is 13.2 Å². The number of hydrogen-bond donors (Lipinski definition) is 0. The molecule has 0 aromatic carbocycles. The van der Waals surface area contributed by atoms with E-state index in [1.165, 1.54) is 135 Å². The van der Waals surface area contributed by atoms with Crippen LogP contribution in [0, 0.1) is 0 Å². The van der Waals surface area contributed by atoms with Gasteiger partial charge in [-0.15, -0.1) is 0 Å². The number of allylic oxidation sites excluding steroid dienone is 14. The first-order valence-corrected chi connectivity index (χ1v) is 27.6. The third-order valence-electron chi connectivity index (χ3n) is 11.6. The van der Waals surface area contributed by atoms with Crippen LogP contribution >= 0.6 is 0 Å². The molecule has 66 heavy (non-hydrogen) atoms. The molecule has 0 saturated carbocycles. The third-order valence-corrected chi connectivity index (χ3v) is 11.6. The molecule has 0 N–H and O–H groups in total. The maximum atomic E-state index is 12.8. The fraction of sp³-hybridized carbons (Fsp3) is 0.717. The van der Waals surface area contributed by atoms with E-state index in [4.69, 9.17) is 14.2 Å². The Kier molecular flexibility index (Phi) is 51.4. The van der Waals surface area contributed by atoms with Crippen molar-refractivity contribution < 1.29 is 28.6 Å². The second kappa shape index (κ2) is 54.2. The lowest BCUT2D eigenvalue weighted by molar-refractivity contribution is -0.166. The Morgan fingerprint density at radius 2 is 0.621 bits per heavy atom. The van der Waals surface area contributed by atoms with Crippen LogP contribution in [0.3, 0.4) is 0 Å². The summed E-state index contributed by atoms with van der Waals surface area (Å²) in [5.74, 6) is -0.991. The highest BCUT2D eigenvalue weighted by Gasteiger charge is 2.19. The molecule has 0 aliphatic rings. The fourth-order valence-electron chi connectivity index (χ4n) is 7.52. The van der Waals surface area contributed by atoms with E-state index in [2.05, 4.69) is 99.8 Å². The first-order chi connectivity index (χ1) is 32.5. The van der Waals surface area contributed by atoms with Crippen molar-refractivity contribution in [3.8, 4) is 0 Å². The van der Waals surface area contributed by atoms with Crippen LogP contribution in [0.25, 0.3) is 0 Å². The standard InChI is InChI=1S/C60H102O6/c1-4-7-10-13-16-19-22-24-26-28-30-32-34-36-38-41-44-47-50-53-59(62)65-56-57(55-64-58(61)52-49-46-43-40-21-18-15-12-9-6-3)66-60(63)54-51-48-45-42-39-37-35-33-31-29-27-25-23-20-17-14-11-8-5-2/h7,10,16,19,24,26,29-32,36,38,44,47,57H,4-6,8-9,11-15,17-18,20-23,25,27-28,33-35,37,39-43,45-46,48-56H2,1-3H3/b10-7-,19-16-,26-24-,31-29-,32-30-,38-36-,47-44-/t57-/m1/s1. The lowest BCUT2D eigenvalue weighted by Gasteiger charge is -2.18. The van der Waals surface area contributed by atoms with Gasteiger partial charge in [0, 0.05) is 19.3 Å². The van der Waals surface area contributed by atoms with Crippen molar-refractivity contribution in [3.63, 3.8) is 0 Å². The van der Waals surface area contributed by atoms with Gasteiger partial charge in [-0.1, -0.05) is 241 Å². The molecule has 378 valence electrons. The molecular formula is C60H102O6. The predicted octanol–water partition coefficient (Wildman–Crippen LogP) is 18.4. The molecule has 1 atom stereocenters. The average Bonchev–Trinajstić information content (AvgIpc) is 3.31. The second-order valence-corrected chi connectivity index (χ2v) is 18.1. The minimum Gasteiger partial charge on any atom is -0.462 e. The molecule has 0 rings (SSSR count). The lowest BCUT2D eigenvalue weighted by Crippen LogP contribution is -2.30. The Labute approximate surface area is 407 Å². The average molecular weight is 919 g/mol. The van der Waals surface area contributed by atoms with Crippen LogP contribution in [0.4, 0.5) is 0 Å². The number of ether oxygens (including phenoxy) is 3. The topological polar surface area (TPSA) is 78.9 Å². The molecule has 0 amide bonds. The summed E-state index contributed by atoms with van der Waals surface area (Å²) in [6.07, 6.45) is 70.2. The van der Waals surface area contributed by atoms with Gasteiger partial charge >= 0.3 is 17.9 Å². The van der Waals surface area contributed by atoms with Crippen LogP contribution in [0.1, 0.15) is 258 Å². The zero-order valence-corrected chi connectivity index (χ0v) is 43.2. The van der Waals surface area contributed by atoms with E-state index >= 15 is 0 Å². The van der Waals surface area contributed by atoms with Crippen molar-refractivity contribution in [2.75, 3.05) is 13.2 Å². The molecule has 0 fully saturated rings. The Morgan fingerprint density at radius 1 is 0.318 bits per heavy atom. The number of esters is 3. The van der Waals surface area contributed by atoms with Crippen LogP contribution in [0.15, 0.2) is 85.1 Å². The van der Waals surface area contributed by atoms with Gasteiger partial charge in [-0.2, -0.15) is 0 Å². The Balaban J connectivity index is 4.44. The maximum absolute atomic E-state index is 12.8. The van der Waals surface area contributed by atoms with E-state index < -0.39 is 6.10 Å². The van der Waals surface area contributed by atoms with E-state index in [0.717, 1.165) is 77.0 Å². The molecule has 0 aromatic heterocycles. The minimum atomic E-state index is -0.807. The van der Waals surface area contributed by atoms with Crippen molar-refractivity contribution >= 4 is 17.9 Å². The molecule has 0 heterocycles. The van der Waals surface area contributed by atoms with E-state index in [9.17, 15) is 14.4 Å². The summed E-state index contributed by atoms with van der Waals surface area (Å²) in [4.78, 5) is 38.0. The summed E-state index contributed by atoms with van der Waals surface area (Å²) in [6, 6.07) is 0. The van der Waals surface area contributed by atoms with Crippen LogP contribution < -0.4 is 0 Å². The van der Waals surface area contributed by atoms with Gasteiger partial charge in [0.25, 0.3) is 0 Å². The van der Waals surface area contributed by atoms with Gasteiger partial charge in [0.2, 0.25) is 0 Å². The van der Waals surface area contributed by atoms with E-state index in [1.807, 2.05) is 6.08 Å². The van der Waals surface area contributed by atoms with Gasteiger partial charge in [0.15, 0.2) is 6.10 Å². The van der Waals surface area contributed by atoms with E-state index in [0.29, 0.717) is 19.3 Å². The smallest absolute Gasteiger partial charge is 0.306 e. The zero-order chi connectivity index (χ0) is 47.9. The normalized spacial score (nSPS) is 12.7. The molecule has 0 saturated heterocycles. The molecular weight excluding hydrogens is 817 g/mol. The third kappa shape index (κ3) is 51.6. The van der Waals surface area contributed by atoms with Crippen LogP contribution in [0.5, 0.6) is 0 Å². The number of hydrogen-bond acceptors (Lipinski definition) is 6. The van der Waals surface area contributed by atoms with Gasteiger partial charge in [-0.3, -0.25) is 14.4 Å². The summed E-state index contributed by atoms with van der Waals surface area (Å²) in [5, 5.41) is 0. The molecule has 6 nitrogen and oxygen atoms in total. The number of unbranched alkanes of at least 4 members (excludes halogenated alkanes) is 24. The van der Waals surface area contributed by atoms with Crippen molar-refractivity contribution in [1.82, 2.24) is 0 Å². The second-order valence-electron chi connectivity index (χ2n) is 18.1. The number of rotatable bonds is 49. The van der Waals surface area contributed by atoms with E-state index in [-0.39, 0.29) is 37.5 Å². The van der Waals surface area contributed by atoms with Crippen LogP contribution in [-0.4, -0.2) is 37.2 Å². The lowest BCUT2D eigenvalue weighted by atomic mass is 10.1. The fourth-order valence-corrected chi connectivity index (χ4v) is 7.52. The number of carbonyl (C=O) groups excluding carboxylic acids is 3. The largest absolute Gasteiger partial charge is 0.462 e. The first kappa shape index (κ1) is 62.6. The van der Waals surface area contributed by atoms with Gasteiger partial charge < -0.3 is 14.2 Å². The quantitative estimate of drug-likeness (QED) is 0.0262. The van der Waals surface area contributed by atoms with Gasteiger partial charge in [-0.05, 0) is 83.5 Å². The van der Waals surface area contributed by atoms with Crippen LogP contribution in [0.2, 0.25) is 0 Å². The summed E-state index contributed by atoms with van der Waals surface area (Å²) >= 11 is 0. The predicted molar refractivity (Wildman–Crippen MR) is 284 cm³/mol. The minimum absolute atomic E-state index is 0.100. The Bertz CT molecular complexity index is 1290. The maximum Gasteiger partial charge on any atom is 0.306 e. The highest BCUT2D eigenvalue weighted by Crippen LogP contribution is 2.15. The van der Waals surface area contributed by atoms with Crippen molar-refractivity contribution in [2.45, 2.75) is 264 Å². The first-order valence-electron chi connectivity index (χ1n) is 27.6. The Hall–Kier alpha value is -3.41. The highest BCUT2D eigenvalue weighted by atomic mass is 16.6. The SMILES string of the molecule is CC/C=C\C/C=C\C/C=C\C/C=C\C/C=C\C/C=C\CCC(=O)OC[C@@H](COC(=O)CCCCCCCCCCCC)OC(=O)CCCCCCCCC/C=C\CCCCCCCCCC. The molecule has 0 aromatic rings. The zero-order valence-electron chi connectivity index (χ0n) is 43.2. The van der Waals surface area contributed by atoms with Gasteiger partial charge in [0.05, 0.1) is 0 Å². The van der Waals surface area contributed by atoms with Gasteiger partial charge in [-0.25, -0.2) is 0 Å². The van der Waals surface area contributed by atoms with Crippen LogP contribution in [-0.2, 0) is 28.6 Å². The van der Waals surface area contributed by atoms with Crippen molar-refractivity contribution in [1.29, 1.82) is 0 Å². The summed E-state index contributed by atoms with van der Waals surface area (Å²) in [6.45, 7) is 6.45. The molecule has 0 aliphatic carbocycles. The van der Waals surface area contributed by atoms with Crippen molar-refractivity contribution in [3.05, 3.63) is 85.1 Å².